The van der Waals surface area contributed by atoms with E-state index in [1.54, 1.807) is 11.1 Å². The van der Waals surface area contributed by atoms with E-state index in [4.69, 9.17) is 10.7 Å². The number of aromatic nitrogens is 4. The van der Waals surface area contributed by atoms with Gasteiger partial charge >= 0.3 is 6.03 Å². The smallest absolute Gasteiger partial charge is 0.324 e. The van der Waals surface area contributed by atoms with Crippen molar-refractivity contribution >= 4 is 39.6 Å². The van der Waals surface area contributed by atoms with E-state index >= 15 is 0 Å². The van der Waals surface area contributed by atoms with Gasteiger partial charge in [0.2, 0.25) is 5.91 Å². The Balaban J connectivity index is 1.43. The van der Waals surface area contributed by atoms with Gasteiger partial charge in [-0.05, 0) is 37.1 Å². The van der Waals surface area contributed by atoms with Crippen LogP contribution in [0.15, 0.2) is 42.7 Å². The normalized spacial score (nSPS) is 17.3. The molecule has 1 fully saturated rings. The second-order valence-electron chi connectivity index (χ2n) is 9.35. The van der Waals surface area contributed by atoms with Crippen LogP contribution in [0.5, 0.6) is 0 Å². The number of nitrogens with two attached hydrogens (primary N) is 1. The molecule has 4 aromatic rings. The fourth-order valence-corrected chi connectivity index (χ4v) is 5.24. The molecule has 2 aliphatic heterocycles. The summed E-state index contributed by atoms with van der Waals surface area (Å²) in [5, 5.41) is 8.10. The third-order valence-electron chi connectivity index (χ3n) is 6.98. The number of H-pyrrole nitrogens is 1. The fraction of sp³-hybridized carbons (Fsp3) is 0.320. The standard InChI is InChI=1S/C25H26N8O2/c1-31-13-17-11-27-21-5-4-19(15-2-3-20-16(10-15)12-28-30-20)29-23(21)24(17)33(25(31)35)18-6-8-32(9-7-18)14-22(26)34/h2-5,10-12,18H,6-9,13-14H2,1H3,(H2,26,34)(H,28,30). The highest BCUT2D eigenvalue weighted by molar-refractivity contribution is 6.04. The molecule has 0 bridgehead atoms. The van der Waals surface area contributed by atoms with Gasteiger partial charge in [-0.3, -0.25) is 24.7 Å². The van der Waals surface area contributed by atoms with E-state index in [9.17, 15) is 9.59 Å². The number of anilines is 1. The number of likely N-dealkylation sites (tertiary alicyclic amines) is 1. The van der Waals surface area contributed by atoms with E-state index in [2.05, 4.69) is 21.2 Å². The summed E-state index contributed by atoms with van der Waals surface area (Å²) in [5.74, 6) is -0.329. The van der Waals surface area contributed by atoms with E-state index in [1.807, 2.05) is 47.3 Å². The largest absolute Gasteiger partial charge is 0.369 e. The molecule has 35 heavy (non-hydrogen) atoms. The van der Waals surface area contributed by atoms with Gasteiger partial charge in [0.15, 0.2) is 0 Å². The number of hydrogen-bond acceptors (Lipinski definition) is 6. The van der Waals surface area contributed by atoms with Crippen molar-refractivity contribution in [2.75, 3.05) is 31.6 Å². The highest BCUT2D eigenvalue weighted by atomic mass is 16.2. The summed E-state index contributed by atoms with van der Waals surface area (Å²) in [6.45, 7) is 2.16. The Bertz CT molecular complexity index is 1460. The van der Waals surface area contributed by atoms with Crippen LogP contribution in [-0.4, -0.2) is 74.6 Å². The molecule has 2 aliphatic rings. The first-order chi connectivity index (χ1) is 17.0. The van der Waals surface area contributed by atoms with Crippen LogP contribution in [0.25, 0.3) is 33.2 Å². The number of piperidine rings is 1. The van der Waals surface area contributed by atoms with Crippen LogP contribution in [0.2, 0.25) is 0 Å². The minimum absolute atomic E-state index is 0.00598. The van der Waals surface area contributed by atoms with Crippen molar-refractivity contribution < 1.29 is 9.59 Å². The van der Waals surface area contributed by atoms with Crippen molar-refractivity contribution in [3.05, 3.63) is 48.3 Å². The Kier molecular flexibility index (Phi) is 5.10. The molecule has 0 saturated carbocycles. The minimum Gasteiger partial charge on any atom is -0.369 e. The number of amides is 3. The molecule has 0 atom stereocenters. The first kappa shape index (κ1) is 21.5. The highest BCUT2D eigenvalue weighted by Crippen LogP contribution is 2.38. The van der Waals surface area contributed by atoms with Crippen molar-refractivity contribution in [1.29, 1.82) is 0 Å². The summed E-state index contributed by atoms with van der Waals surface area (Å²) in [5.41, 5.74) is 11.5. The van der Waals surface area contributed by atoms with Gasteiger partial charge in [-0.15, -0.1) is 0 Å². The first-order valence-electron chi connectivity index (χ1n) is 11.7. The van der Waals surface area contributed by atoms with Gasteiger partial charge in [0.25, 0.3) is 0 Å². The summed E-state index contributed by atoms with van der Waals surface area (Å²) in [6, 6.07) is 9.97. The predicted octanol–water partition coefficient (Wildman–Crippen LogP) is 2.49. The Morgan fingerprint density at radius 2 is 2.00 bits per heavy atom. The number of benzene rings is 1. The number of aromatic amines is 1. The molecule has 178 valence electrons. The zero-order valence-electron chi connectivity index (χ0n) is 19.4. The maximum absolute atomic E-state index is 13.5. The molecule has 0 unspecified atom stereocenters. The number of pyridine rings is 2. The van der Waals surface area contributed by atoms with Gasteiger partial charge in [0.1, 0.15) is 5.52 Å². The zero-order valence-corrected chi connectivity index (χ0v) is 19.4. The summed E-state index contributed by atoms with van der Waals surface area (Å²) in [6.07, 6.45) is 5.17. The molecule has 0 radical (unpaired) electrons. The number of nitrogens with zero attached hydrogens (tertiary/aromatic N) is 6. The third kappa shape index (κ3) is 3.75. The predicted molar refractivity (Wildman–Crippen MR) is 133 cm³/mol. The molecular formula is C25H26N8O2. The van der Waals surface area contributed by atoms with Gasteiger partial charge in [0, 0.05) is 48.9 Å². The van der Waals surface area contributed by atoms with Crippen molar-refractivity contribution in [3.63, 3.8) is 0 Å². The summed E-state index contributed by atoms with van der Waals surface area (Å²) < 4.78 is 0. The van der Waals surface area contributed by atoms with Gasteiger partial charge in [-0.25, -0.2) is 9.78 Å². The third-order valence-corrected chi connectivity index (χ3v) is 6.98. The van der Waals surface area contributed by atoms with Crippen molar-refractivity contribution in [1.82, 2.24) is 30.0 Å². The van der Waals surface area contributed by atoms with E-state index < -0.39 is 0 Å². The Morgan fingerprint density at radius 1 is 1.17 bits per heavy atom. The topological polar surface area (TPSA) is 124 Å². The molecule has 1 aromatic carbocycles. The highest BCUT2D eigenvalue weighted by Gasteiger charge is 2.37. The van der Waals surface area contributed by atoms with Crippen LogP contribution in [0.3, 0.4) is 0 Å². The first-order valence-corrected chi connectivity index (χ1v) is 11.7. The number of hydrogen-bond donors (Lipinski definition) is 2. The molecule has 0 spiro atoms. The lowest BCUT2D eigenvalue weighted by Crippen LogP contribution is -2.54. The number of nitrogens with one attached hydrogen (secondary N) is 1. The van der Waals surface area contributed by atoms with Gasteiger partial charge < -0.3 is 10.6 Å². The van der Waals surface area contributed by atoms with Crippen LogP contribution in [0.4, 0.5) is 10.5 Å². The van der Waals surface area contributed by atoms with Gasteiger partial charge in [0.05, 0.1) is 41.7 Å². The Hall–Kier alpha value is -4.05. The second-order valence-corrected chi connectivity index (χ2v) is 9.35. The van der Waals surface area contributed by atoms with E-state index in [0.717, 1.165) is 57.3 Å². The van der Waals surface area contributed by atoms with Crippen molar-refractivity contribution in [2.45, 2.75) is 25.4 Å². The van der Waals surface area contributed by atoms with E-state index in [1.165, 1.54) is 0 Å². The minimum atomic E-state index is -0.329. The second kappa shape index (κ2) is 8.31. The Morgan fingerprint density at radius 3 is 2.80 bits per heavy atom. The number of urea groups is 1. The molecule has 3 N–H and O–H groups in total. The van der Waals surface area contributed by atoms with E-state index in [-0.39, 0.29) is 24.5 Å². The van der Waals surface area contributed by atoms with Crippen molar-refractivity contribution in [3.8, 4) is 11.3 Å². The molecule has 3 aromatic heterocycles. The maximum Gasteiger partial charge on any atom is 0.324 e. The maximum atomic E-state index is 13.5. The number of rotatable bonds is 4. The molecule has 3 amide bonds. The van der Waals surface area contributed by atoms with Crippen LogP contribution < -0.4 is 10.6 Å². The fourth-order valence-electron chi connectivity index (χ4n) is 5.24. The average Bonchev–Trinajstić information content (AvgIpc) is 3.33. The van der Waals surface area contributed by atoms with Crippen LogP contribution in [-0.2, 0) is 11.3 Å². The number of carbonyl (C=O) groups excluding carboxylic acids is 2. The van der Waals surface area contributed by atoms with Gasteiger partial charge in [-0.2, -0.15) is 5.10 Å². The summed E-state index contributed by atoms with van der Waals surface area (Å²) >= 11 is 0. The molecular weight excluding hydrogens is 444 g/mol. The van der Waals surface area contributed by atoms with Crippen LogP contribution >= 0.6 is 0 Å². The molecule has 5 heterocycles. The SMILES string of the molecule is CN1Cc2cnc3ccc(-c4ccc5[nH]ncc5c4)nc3c2N(C2CCN(CC(N)=O)CC2)C1=O. The quantitative estimate of drug-likeness (QED) is 0.472. The van der Waals surface area contributed by atoms with E-state index in [0.29, 0.717) is 19.6 Å². The molecule has 6 rings (SSSR count). The number of primary amides is 1. The average molecular weight is 471 g/mol. The number of fused-ring (bicyclic) bond motifs is 4. The van der Waals surface area contributed by atoms with Crippen molar-refractivity contribution in [2.24, 2.45) is 5.73 Å². The molecule has 1 saturated heterocycles. The van der Waals surface area contributed by atoms with Gasteiger partial charge in [-0.1, -0.05) is 6.07 Å². The lowest BCUT2D eigenvalue weighted by Gasteiger charge is -2.43. The van der Waals surface area contributed by atoms with Crippen LogP contribution in [0, 0.1) is 0 Å². The van der Waals surface area contributed by atoms with Crippen LogP contribution in [0.1, 0.15) is 18.4 Å². The Labute approximate surface area is 201 Å². The zero-order chi connectivity index (χ0) is 24.1. The molecule has 10 nitrogen and oxygen atoms in total. The summed E-state index contributed by atoms with van der Waals surface area (Å²) in [4.78, 5) is 40.2. The summed E-state index contributed by atoms with van der Waals surface area (Å²) in [7, 11) is 1.81. The molecule has 0 aliphatic carbocycles. The number of carbonyl (C=O) groups is 2. The lowest BCUT2D eigenvalue weighted by molar-refractivity contribution is -0.119. The molecule has 10 heteroatoms. The lowest BCUT2D eigenvalue weighted by atomic mass is 9.99. The monoisotopic (exact) mass is 470 g/mol.